The maximum absolute atomic E-state index is 9.01. The van der Waals surface area contributed by atoms with Crippen molar-refractivity contribution in [2.45, 2.75) is 0 Å². The van der Waals surface area contributed by atoms with Gasteiger partial charge in [-0.2, -0.15) is 0 Å². The molecule has 0 aromatic heterocycles. The molecule has 0 atom stereocenters. The standard InChI is InChI=1S/C2H4O3.2Na.3O.W/c3-1-2(4)5;;;;;;/h3H,1H2,(H,4,5);;;;;;/q;2*+1;;;-1;/p-1. The van der Waals surface area contributed by atoms with Gasteiger partial charge in [0.15, 0.2) is 0 Å². The number of aliphatic hydroxyl groups is 1. The van der Waals surface area contributed by atoms with Gasteiger partial charge in [0.25, 0.3) is 0 Å². The Morgan fingerprint density at radius 3 is 1.45 bits per heavy atom. The van der Waals surface area contributed by atoms with Gasteiger partial charge in [0.2, 0.25) is 0 Å². The topological polar surface area (TPSA) is 118 Å². The van der Waals surface area contributed by atoms with Crippen LogP contribution < -0.4 is 68.0 Å². The minimum atomic E-state index is -4.28. The number of rotatable bonds is 1. The Kier molecular flexibility index (Phi) is 36.9. The summed E-state index contributed by atoms with van der Waals surface area (Å²) in [6.45, 7) is -0.889. The molecule has 0 bridgehead atoms. The molecule has 0 aliphatic rings. The summed E-state index contributed by atoms with van der Waals surface area (Å²) < 4.78 is 25.8. The summed E-state index contributed by atoms with van der Waals surface area (Å²) in [5.41, 5.74) is 0. The van der Waals surface area contributed by atoms with Crippen LogP contribution in [0.15, 0.2) is 0 Å². The van der Waals surface area contributed by atoms with E-state index >= 15 is 0 Å². The van der Waals surface area contributed by atoms with Crippen molar-refractivity contribution >= 4 is 5.97 Å². The quantitative estimate of drug-likeness (QED) is 0.468. The van der Waals surface area contributed by atoms with Crippen LogP contribution in [-0.2, 0) is 29.2 Å². The van der Waals surface area contributed by atoms with E-state index in [9.17, 15) is 0 Å². The summed E-state index contributed by atoms with van der Waals surface area (Å²) in [4.78, 5) is 9.01. The van der Waals surface area contributed by atoms with E-state index in [0.29, 0.717) is 0 Å². The van der Waals surface area contributed by atoms with Crippen molar-refractivity contribution < 1.29 is 102 Å². The third-order valence-corrected chi connectivity index (χ3v) is 0.129. The zero-order valence-corrected chi connectivity index (χ0v) is 13.0. The second kappa shape index (κ2) is 17.7. The molecule has 0 spiro atoms. The van der Waals surface area contributed by atoms with Crippen LogP contribution in [0.3, 0.4) is 0 Å². The summed E-state index contributed by atoms with van der Waals surface area (Å²) in [7, 11) is 0. The van der Waals surface area contributed by atoms with Crippen molar-refractivity contribution in [2.75, 3.05) is 6.61 Å². The van der Waals surface area contributed by atoms with Gasteiger partial charge in [0.05, 0.1) is 12.6 Å². The number of hydrogen-bond donors (Lipinski definition) is 1. The first kappa shape index (κ1) is 23.0. The van der Waals surface area contributed by atoms with E-state index in [1.165, 1.54) is 0 Å². The van der Waals surface area contributed by atoms with E-state index < -0.39 is 30.2 Å². The first-order valence-corrected chi connectivity index (χ1v) is 5.17. The van der Waals surface area contributed by atoms with Gasteiger partial charge in [-0.05, 0) is 0 Å². The molecule has 9 heteroatoms. The van der Waals surface area contributed by atoms with Crippen molar-refractivity contribution in [3.8, 4) is 0 Å². The van der Waals surface area contributed by atoms with Crippen molar-refractivity contribution in [1.29, 1.82) is 0 Å². The number of carbonyl (C=O) groups is 1. The van der Waals surface area contributed by atoms with Crippen LogP contribution >= 0.6 is 0 Å². The molecule has 0 aromatic carbocycles. The average molecular weight is 353 g/mol. The summed E-state index contributed by atoms with van der Waals surface area (Å²) in [5, 5.41) is 16.5. The van der Waals surface area contributed by atoms with E-state index in [1.807, 2.05) is 0 Å². The fourth-order valence-corrected chi connectivity index (χ4v) is 0. The molecule has 0 aliphatic carbocycles. The Balaban J connectivity index is -0.0000000383. The van der Waals surface area contributed by atoms with Gasteiger partial charge < -0.3 is 15.0 Å². The molecule has 0 heterocycles. The molecule has 0 saturated carbocycles. The minimum absolute atomic E-state index is 0. The molecular weight excluding hydrogens is 350 g/mol. The number of carboxylic acids is 1. The normalized spacial score (nSPS) is 5.64. The Bertz CT molecular complexity index is 136. The molecule has 0 fully saturated rings. The van der Waals surface area contributed by atoms with Gasteiger partial charge in [-0.1, -0.05) is 0 Å². The van der Waals surface area contributed by atoms with Crippen molar-refractivity contribution in [2.24, 2.45) is 0 Å². The SMILES string of the molecule is O=C([O-])CO.[Na+].[Na+].[O]=[W](=[O])[O-]. The van der Waals surface area contributed by atoms with Crippen LogP contribution in [0.1, 0.15) is 0 Å². The second-order valence-electron chi connectivity index (χ2n) is 0.734. The van der Waals surface area contributed by atoms with Gasteiger partial charge in [0, 0.05) is 0 Å². The maximum atomic E-state index is 9.01. The molecule has 0 rings (SSSR count). The van der Waals surface area contributed by atoms with E-state index in [2.05, 4.69) is 0 Å². The predicted molar refractivity (Wildman–Crippen MR) is 13.5 cm³/mol. The van der Waals surface area contributed by atoms with Crippen LogP contribution in [0.2, 0.25) is 0 Å². The molecule has 6 nitrogen and oxygen atoms in total. The number of hydrogen-bond acceptors (Lipinski definition) is 6. The molecule has 0 aliphatic heterocycles. The fourth-order valence-electron chi connectivity index (χ4n) is 0. The van der Waals surface area contributed by atoms with E-state index in [1.54, 1.807) is 0 Å². The summed E-state index contributed by atoms with van der Waals surface area (Å²) in [5.74, 6) is -1.44. The molecule has 0 amide bonds. The van der Waals surface area contributed by atoms with Crippen LogP contribution in [0.5, 0.6) is 0 Å². The molecule has 0 aromatic rings. The molecule has 0 saturated heterocycles. The van der Waals surface area contributed by atoms with Gasteiger partial charge in [-0.25, -0.2) is 0 Å². The zero-order chi connectivity index (χ0) is 7.86. The Labute approximate surface area is 113 Å². The van der Waals surface area contributed by atoms with Crippen LogP contribution in [0.4, 0.5) is 0 Å². The van der Waals surface area contributed by atoms with Crippen LogP contribution in [0.25, 0.3) is 0 Å². The van der Waals surface area contributed by atoms with Gasteiger partial charge in [-0.3, -0.25) is 0 Å². The molecule has 11 heavy (non-hydrogen) atoms. The monoisotopic (exact) mass is 353 g/mol. The average Bonchev–Trinajstić information content (AvgIpc) is 1.65. The molecule has 0 radical (unpaired) electrons. The number of carboxylic acid groups (broad SMARTS) is 1. The molecule has 55 valence electrons. The summed E-state index contributed by atoms with van der Waals surface area (Å²) >= 11 is -4.28. The molecule has 0 unspecified atom stereocenters. The number of carbonyl (C=O) groups excluding carboxylic acids is 1. The number of aliphatic hydroxyl groups excluding tert-OH is 1. The molecular formula is C2H3Na2O6W. The second-order valence-corrected chi connectivity index (χ2v) is 2.20. The van der Waals surface area contributed by atoms with E-state index in [4.69, 9.17) is 25.6 Å². The van der Waals surface area contributed by atoms with Crippen molar-refractivity contribution in [1.82, 2.24) is 0 Å². The third-order valence-electron chi connectivity index (χ3n) is 0.129. The first-order valence-electron chi connectivity index (χ1n) is 1.58. The Morgan fingerprint density at radius 1 is 1.36 bits per heavy atom. The summed E-state index contributed by atoms with van der Waals surface area (Å²) in [6, 6.07) is 0. The zero-order valence-electron chi connectivity index (χ0n) is 6.10. The van der Waals surface area contributed by atoms with Crippen molar-refractivity contribution in [3.05, 3.63) is 0 Å². The predicted octanol–water partition coefficient (Wildman–Crippen LogP) is -9.69. The Hall–Kier alpha value is 1.68. The first-order chi connectivity index (χ1) is 4.00. The van der Waals surface area contributed by atoms with E-state index in [-0.39, 0.29) is 59.1 Å². The van der Waals surface area contributed by atoms with E-state index in [0.717, 1.165) is 0 Å². The van der Waals surface area contributed by atoms with Crippen molar-refractivity contribution in [3.63, 3.8) is 0 Å². The molecule has 1 N–H and O–H groups in total. The van der Waals surface area contributed by atoms with Gasteiger partial charge in [0.1, 0.15) is 0 Å². The van der Waals surface area contributed by atoms with Crippen LogP contribution in [-0.4, -0.2) is 17.7 Å². The van der Waals surface area contributed by atoms with Gasteiger partial charge in [-0.15, -0.1) is 0 Å². The van der Waals surface area contributed by atoms with Crippen LogP contribution in [0, 0.1) is 0 Å². The Morgan fingerprint density at radius 2 is 1.45 bits per heavy atom. The fraction of sp³-hybridized carbons (Fsp3) is 0.500. The summed E-state index contributed by atoms with van der Waals surface area (Å²) in [6.07, 6.45) is 0. The third kappa shape index (κ3) is 80.9. The number of aliphatic carboxylic acids is 1. The van der Waals surface area contributed by atoms with Gasteiger partial charge >= 0.3 is 87.3 Å².